The van der Waals surface area contributed by atoms with Crippen LogP contribution >= 0.6 is 0 Å². The van der Waals surface area contributed by atoms with Gasteiger partial charge in [-0.2, -0.15) is 13.2 Å². The van der Waals surface area contributed by atoms with E-state index in [1.807, 2.05) is 29.2 Å². The number of esters is 1. The summed E-state index contributed by atoms with van der Waals surface area (Å²) in [6, 6.07) is 13.0. The van der Waals surface area contributed by atoms with Gasteiger partial charge in [0.15, 0.2) is 0 Å². The van der Waals surface area contributed by atoms with Crippen molar-refractivity contribution in [2.45, 2.75) is 31.9 Å². The van der Waals surface area contributed by atoms with Crippen molar-refractivity contribution in [1.82, 2.24) is 4.90 Å². The number of piperazine rings is 1. The number of amides is 1. The van der Waals surface area contributed by atoms with Gasteiger partial charge < -0.3 is 15.0 Å². The maximum atomic E-state index is 13.0. The number of benzene rings is 2. The summed E-state index contributed by atoms with van der Waals surface area (Å²) in [6.45, 7) is 3.18. The highest BCUT2D eigenvalue weighted by molar-refractivity contribution is 5.90. The van der Waals surface area contributed by atoms with E-state index in [-0.39, 0.29) is 11.9 Å². The SMILES string of the molecule is COC(=O)CCCc1ccc(NC(=O)CCN2CCN(c3cccc(C(F)(F)F)c3)CC2)cc1. The highest BCUT2D eigenvalue weighted by Crippen LogP contribution is 2.31. The van der Waals surface area contributed by atoms with Gasteiger partial charge in [-0.3, -0.25) is 14.5 Å². The summed E-state index contributed by atoms with van der Waals surface area (Å²) in [6.07, 6.45) is -2.17. The Hall–Kier alpha value is -3.07. The molecule has 0 aliphatic carbocycles. The third-order valence-corrected chi connectivity index (χ3v) is 5.88. The summed E-state index contributed by atoms with van der Waals surface area (Å²) >= 11 is 0. The molecular weight excluding hydrogens is 447 g/mol. The number of anilines is 2. The van der Waals surface area contributed by atoms with Gasteiger partial charge in [0.05, 0.1) is 12.7 Å². The quantitative estimate of drug-likeness (QED) is 0.544. The number of nitrogens with one attached hydrogen (secondary N) is 1. The average Bonchev–Trinajstić information content (AvgIpc) is 2.83. The molecule has 1 fully saturated rings. The Kier molecular flexibility index (Phi) is 8.92. The van der Waals surface area contributed by atoms with Gasteiger partial charge in [0.2, 0.25) is 5.91 Å². The molecule has 0 aromatic heterocycles. The van der Waals surface area contributed by atoms with Crippen molar-refractivity contribution in [3.05, 3.63) is 59.7 Å². The minimum Gasteiger partial charge on any atom is -0.469 e. The van der Waals surface area contributed by atoms with Crippen LogP contribution in [-0.2, 0) is 26.9 Å². The zero-order valence-corrected chi connectivity index (χ0v) is 19.2. The zero-order valence-electron chi connectivity index (χ0n) is 19.2. The molecule has 3 rings (SSSR count). The van der Waals surface area contributed by atoms with Gasteiger partial charge in [0.1, 0.15) is 0 Å². The van der Waals surface area contributed by atoms with Crippen molar-refractivity contribution in [2.24, 2.45) is 0 Å². The van der Waals surface area contributed by atoms with Crippen molar-refractivity contribution in [3.63, 3.8) is 0 Å². The normalized spacial score (nSPS) is 14.6. The monoisotopic (exact) mass is 477 g/mol. The summed E-state index contributed by atoms with van der Waals surface area (Å²) in [7, 11) is 1.38. The maximum Gasteiger partial charge on any atom is 0.416 e. The van der Waals surface area contributed by atoms with Crippen LogP contribution in [0.2, 0.25) is 0 Å². The predicted molar refractivity (Wildman–Crippen MR) is 125 cm³/mol. The number of alkyl halides is 3. The summed E-state index contributed by atoms with van der Waals surface area (Å²) in [5.74, 6) is -0.306. The van der Waals surface area contributed by atoms with Crippen molar-refractivity contribution in [1.29, 1.82) is 0 Å². The van der Waals surface area contributed by atoms with Gasteiger partial charge in [-0.1, -0.05) is 18.2 Å². The van der Waals surface area contributed by atoms with Gasteiger partial charge in [0, 0.05) is 56.9 Å². The van der Waals surface area contributed by atoms with Gasteiger partial charge in [-0.15, -0.1) is 0 Å². The second kappa shape index (κ2) is 11.9. The van der Waals surface area contributed by atoms with Crippen LogP contribution in [0.4, 0.5) is 24.5 Å². The molecule has 2 aromatic carbocycles. The smallest absolute Gasteiger partial charge is 0.416 e. The molecule has 1 aliphatic rings. The third kappa shape index (κ3) is 7.76. The molecule has 0 saturated carbocycles. The molecule has 0 atom stereocenters. The molecule has 0 unspecified atom stereocenters. The van der Waals surface area contributed by atoms with Crippen molar-refractivity contribution in [3.8, 4) is 0 Å². The molecule has 1 aliphatic heterocycles. The van der Waals surface area contributed by atoms with Gasteiger partial charge in [0.25, 0.3) is 0 Å². The highest BCUT2D eigenvalue weighted by atomic mass is 19.4. The van der Waals surface area contributed by atoms with Crippen LogP contribution in [0.25, 0.3) is 0 Å². The van der Waals surface area contributed by atoms with Gasteiger partial charge in [-0.25, -0.2) is 0 Å². The van der Waals surface area contributed by atoms with E-state index < -0.39 is 11.7 Å². The lowest BCUT2D eigenvalue weighted by Crippen LogP contribution is -2.47. The first-order chi connectivity index (χ1) is 16.2. The molecule has 1 amide bonds. The van der Waals surface area contributed by atoms with E-state index in [9.17, 15) is 22.8 Å². The molecule has 184 valence electrons. The molecule has 2 aromatic rings. The first-order valence-electron chi connectivity index (χ1n) is 11.3. The number of carbonyl (C=O) groups is 2. The fraction of sp³-hybridized carbons (Fsp3) is 0.440. The fourth-order valence-electron chi connectivity index (χ4n) is 3.89. The van der Waals surface area contributed by atoms with E-state index in [1.165, 1.54) is 19.2 Å². The topological polar surface area (TPSA) is 61.9 Å². The second-order valence-corrected chi connectivity index (χ2v) is 8.30. The number of hydrogen-bond donors (Lipinski definition) is 1. The van der Waals surface area contributed by atoms with Crippen molar-refractivity contribution in [2.75, 3.05) is 50.1 Å². The van der Waals surface area contributed by atoms with Gasteiger partial charge in [-0.05, 0) is 48.7 Å². The van der Waals surface area contributed by atoms with Crippen LogP contribution in [-0.4, -0.2) is 56.6 Å². The van der Waals surface area contributed by atoms with E-state index >= 15 is 0 Å². The van der Waals surface area contributed by atoms with Crippen LogP contribution in [0.3, 0.4) is 0 Å². The van der Waals surface area contributed by atoms with E-state index in [1.54, 1.807) is 6.07 Å². The van der Waals surface area contributed by atoms with E-state index in [2.05, 4.69) is 15.0 Å². The molecule has 1 saturated heterocycles. The van der Waals surface area contributed by atoms with Crippen molar-refractivity contribution < 1.29 is 27.5 Å². The number of rotatable bonds is 9. The number of ether oxygens (including phenoxy) is 1. The number of halogens is 3. The van der Waals surface area contributed by atoms with Crippen molar-refractivity contribution >= 4 is 23.3 Å². The minimum absolute atomic E-state index is 0.0845. The van der Waals surface area contributed by atoms with Gasteiger partial charge >= 0.3 is 12.1 Å². The summed E-state index contributed by atoms with van der Waals surface area (Å²) in [5.41, 5.74) is 1.73. The molecule has 9 heteroatoms. The highest BCUT2D eigenvalue weighted by Gasteiger charge is 2.31. The number of methoxy groups -OCH3 is 1. The Morgan fingerprint density at radius 2 is 1.71 bits per heavy atom. The molecule has 34 heavy (non-hydrogen) atoms. The van der Waals surface area contributed by atoms with Crippen LogP contribution in [0.1, 0.15) is 30.4 Å². The van der Waals surface area contributed by atoms with E-state index in [4.69, 9.17) is 0 Å². The zero-order chi connectivity index (χ0) is 24.6. The predicted octanol–water partition coefficient (Wildman–Crippen LogP) is 4.35. The van der Waals surface area contributed by atoms with E-state index in [0.717, 1.165) is 23.7 Å². The van der Waals surface area contributed by atoms with Crippen LogP contribution in [0, 0.1) is 0 Å². The average molecular weight is 478 g/mol. The molecule has 1 heterocycles. The summed E-state index contributed by atoms with van der Waals surface area (Å²) in [4.78, 5) is 27.6. The van der Waals surface area contributed by atoms with Crippen LogP contribution < -0.4 is 10.2 Å². The molecule has 0 spiro atoms. The molecule has 0 bridgehead atoms. The number of aryl methyl sites for hydroxylation is 1. The standard InChI is InChI=1S/C25H30F3N3O3/c1-34-24(33)7-2-4-19-8-10-21(11-9-19)29-23(32)12-13-30-14-16-31(17-15-30)22-6-3-5-20(18-22)25(26,27)28/h3,5-6,8-11,18H,2,4,7,12-17H2,1H3,(H,29,32). The molecule has 0 radical (unpaired) electrons. The third-order valence-electron chi connectivity index (χ3n) is 5.88. The lowest BCUT2D eigenvalue weighted by Gasteiger charge is -2.36. The Bertz CT molecular complexity index is 956. The Morgan fingerprint density at radius 3 is 2.35 bits per heavy atom. The number of carbonyl (C=O) groups excluding carboxylic acids is 2. The molecule has 6 nitrogen and oxygen atoms in total. The first-order valence-corrected chi connectivity index (χ1v) is 11.3. The minimum atomic E-state index is -4.35. The Labute approximate surface area is 197 Å². The lowest BCUT2D eigenvalue weighted by atomic mass is 10.1. The molecule has 1 N–H and O–H groups in total. The maximum absolute atomic E-state index is 13.0. The Morgan fingerprint density at radius 1 is 1.00 bits per heavy atom. The second-order valence-electron chi connectivity index (χ2n) is 8.30. The Balaban J connectivity index is 1.38. The summed E-state index contributed by atoms with van der Waals surface area (Å²) < 4.78 is 43.5. The number of hydrogen-bond acceptors (Lipinski definition) is 5. The largest absolute Gasteiger partial charge is 0.469 e. The summed E-state index contributed by atoms with van der Waals surface area (Å²) in [5, 5.41) is 2.89. The van der Waals surface area contributed by atoms with Crippen LogP contribution in [0.15, 0.2) is 48.5 Å². The number of nitrogens with zero attached hydrogens (tertiary/aromatic N) is 2. The van der Waals surface area contributed by atoms with E-state index in [0.29, 0.717) is 57.7 Å². The fourth-order valence-corrected chi connectivity index (χ4v) is 3.89. The first kappa shape index (κ1) is 25.6. The molecular formula is C25H30F3N3O3. The lowest BCUT2D eigenvalue weighted by molar-refractivity contribution is -0.140. The van der Waals surface area contributed by atoms with Crippen LogP contribution in [0.5, 0.6) is 0 Å².